The second-order valence-corrected chi connectivity index (χ2v) is 7.82. The average Bonchev–Trinajstić information content (AvgIpc) is 2.68. The first kappa shape index (κ1) is 22.7. The van der Waals surface area contributed by atoms with E-state index in [1.807, 2.05) is 39.8 Å². The number of rotatable bonds is 8. The molecule has 0 unspecified atom stereocenters. The van der Waals surface area contributed by atoms with E-state index < -0.39 is 0 Å². The quantitative estimate of drug-likeness (QED) is 0.550. The Bertz CT molecular complexity index is 897. The lowest BCUT2D eigenvalue weighted by Crippen LogP contribution is -2.18. The predicted molar refractivity (Wildman–Crippen MR) is 119 cm³/mol. The molecule has 2 aromatic carbocycles. The van der Waals surface area contributed by atoms with Crippen molar-refractivity contribution >= 4 is 39.1 Å². The monoisotopic (exact) mass is 462 g/mol. The van der Waals surface area contributed by atoms with Crippen molar-refractivity contribution in [3.05, 3.63) is 45.9 Å². The number of ether oxygens (including phenoxy) is 2. The highest BCUT2D eigenvalue weighted by atomic mass is 79.9. The van der Waals surface area contributed by atoms with Crippen LogP contribution in [0, 0.1) is 12.8 Å². The molecule has 7 heteroatoms. The van der Waals surface area contributed by atoms with Gasteiger partial charge in [0.05, 0.1) is 18.2 Å². The van der Waals surface area contributed by atoms with E-state index in [1.54, 1.807) is 18.2 Å². The molecule has 156 valence electrons. The molecule has 2 aromatic rings. The molecule has 0 aliphatic heterocycles. The number of halogens is 1. The standard InChI is InChI=1S/C22H27BrN2O4/c1-6-9-29-20-17(23)10-15(11-19(20)28-5)22(27)25-18-12-16(8-7-14(18)4)24-21(26)13(2)3/h7-8,10-13H,6,9H2,1-5H3,(H,24,26)(H,25,27). The van der Waals surface area contributed by atoms with E-state index in [0.29, 0.717) is 39.5 Å². The molecule has 2 N–H and O–H groups in total. The smallest absolute Gasteiger partial charge is 0.255 e. The van der Waals surface area contributed by atoms with Crippen LogP contribution in [0.4, 0.5) is 11.4 Å². The Balaban J connectivity index is 2.25. The molecule has 0 atom stereocenters. The summed E-state index contributed by atoms with van der Waals surface area (Å²) in [7, 11) is 1.54. The summed E-state index contributed by atoms with van der Waals surface area (Å²) in [5, 5.41) is 5.75. The van der Waals surface area contributed by atoms with E-state index in [-0.39, 0.29) is 17.7 Å². The van der Waals surface area contributed by atoms with Crippen molar-refractivity contribution in [3.8, 4) is 11.5 Å². The summed E-state index contributed by atoms with van der Waals surface area (Å²) in [6.45, 7) is 8.11. The highest BCUT2D eigenvalue weighted by Crippen LogP contribution is 2.37. The van der Waals surface area contributed by atoms with Gasteiger partial charge in [0.2, 0.25) is 5.91 Å². The van der Waals surface area contributed by atoms with Crippen LogP contribution in [0.5, 0.6) is 11.5 Å². The second-order valence-electron chi connectivity index (χ2n) is 6.97. The third kappa shape index (κ3) is 5.97. The zero-order valence-corrected chi connectivity index (χ0v) is 19.0. The third-order valence-electron chi connectivity index (χ3n) is 4.22. The van der Waals surface area contributed by atoms with Crippen molar-refractivity contribution in [1.29, 1.82) is 0 Å². The SMILES string of the molecule is CCCOc1c(Br)cc(C(=O)Nc2cc(NC(=O)C(C)C)ccc2C)cc1OC. The number of carbonyl (C=O) groups is 2. The summed E-state index contributed by atoms with van der Waals surface area (Å²) in [6, 6.07) is 8.75. The van der Waals surface area contributed by atoms with Gasteiger partial charge in [0, 0.05) is 22.9 Å². The Hall–Kier alpha value is -2.54. The minimum atomic E-state index is -0.290. The van der Waals surface area contributed by atoms with Crippen molar-refractivity contribution in [3.63, 3.8) is 0 Å². The van der Waals surface area contributed by atoms with Crippen molar-refractivity contribution < 1.29 is 19.1 Å². The molecule has 0 spiro atoms. The van der Waals surface area contributed by atoms with E-state index in [2.05, 4.69) is 26.6 Å². The van der Waals surface area contributed by atoms with Crippen molar-refractivity contribution in [2.75, 3.05) is 24.4 Å². The van der Waals surface area contributed by atoms with Gasteiger partial charge < -0.3 is 20.1 Å². The molecule has 0 aromatic heterocycles. The van der Waals surface area contributed by atoms with Gasteiger partial charge in [-0.2, -0.15) is 0 Å². The van der Waals surface area contributed by atoms with E-state index in [1.165, 1.54) is 7.11 Å². The minimum Gasteiger partial charge on any atom is -0.493 e. The van der Waals surface area contributed by atoms with Crippen molar-refractivity contribution in [2.45, 2.75) is 34.1 Å². The van der Waals surface area contributed by atoms with Gasteiger partial charge in [0.25, 0.3) is 5.91 Å². The number of anilines is 2. The highest BCUT2D eigenvalue weighted by Gasteiger charge is 2.17. The molecule has 0 radical (unpaired) electrons. The predicted octanol–water partition coefficient (Wildman–Crippen LogP) is 5.40. The molecule has 6 nitrogen and oxygen atoms in total. The Kier molecular flexibility index (Phi) is 8.08. The van der Waals surface area contributed by atoms with E-state index in [0.717, 1.165) is 12.0 Å². The lowest BCUT2D eigenvalue weighted by molar-refractivity contribution is -0.118. The number of hydrogen-bond donors (Lipinski definition) is 2. The lowest BCUT2D eigenvalue weighted by atomic mass is 10.1. The molecule has 0 saturated carbocycles. The first-order chi connectivity index (χ1) is 13.8. The molecule has 0 aliphatic carbocycles. The molecule has 29 heavy (non-hydrogen) atoms. The molecule has 0 bridgehead atoms. The van der Waals surface area contributed by atoms with Crippen LogP contribution in [0.25, 0.3) is 0 Å². The van der Waals surface area contributed by atoms with E-state index in [4.69, 9.17) is 9.47 Å². The first-order valence-electron chi connectivity index (χ1n) is 9.50. The molecule has 0 heterocycles. The molecule has 0 fully saturated rings. The van der Waals surface area contributed by atoms with Crippen LogP contribution in [0.2, 0.25) is 0 Å². The topological polar surface area (TPSA) is 76.7 Å². The second kappa shape index (κ2) is 10.3. The van der Waals surface area contributed by atoms with Gasteiger partial charge in [-0.15, -0.1) is 0 Å². The van der Waals surface area contributed by atoms with Gasteiger partial charge in [0.15, 0.2) is 11.5 Å². The highest BCUT2D eigenvalue weighted by molar-refractivity contribution is 9.10. The molecule has 2 rings (SSSR count). The van der Waals surface area contributed by atoms with Crippen molar-refractivity contribution in [2.24, 2.45) is 5.92 Å². The number of carbonyl (C=O) groups excluding carboxylic acids is 2. The average molecular weight is 463 g/mol. The number of aryl methyl sites for hydroxylation is 1. The molecule has 0 aliphatic rings. The number of hydrogen-bond acceptors (Lipinski definition) is 4. The summed E-state index contributed by atoms with van der Waals surface area (Å²) < 4.78 is 11.7. The molecular weight excluding hydrogens is 436 g/mol. The maximum atomic E-state index is 12.8. The van der Waals surface area contributed by atoms with Crippen LogP contribution in [0.1, 0.15) is 43.1 Å². The maximum Gasteiger partial charge on any atom is 0.255 e. The van der Waals surface area contributed by atoms with Crippen LogP contribution in [-0.2, 0) is 4.79 Å². The molecule has 2 amide bonds. The van der Waals surface area contributed by atoms with Crippen LogP contribution < -0.4 is 20.1 Å². The number of nitrogens with one attached hydrogen (secondary N) is 2. The fraction of sp³-hybridized carbons (Fsp3) is 0.364. The summed E-state index contributed by atoms with van der Waals surface area (Å²) in [5.41, 5.74) is 2.56. The maximum absolute atomic E-state index is 12.8. The zero-order valence-electron chi connectivity index (χ0n) is 17.4. The fourth-order valence-corrected chi connectivity index (χ4v) is 3.07. The summed E-state index contributed by atoms with van der Waals surface area (Å²) in [6.07, 6.45) is 0.862. The number of amides is 2. The zero-order chi connectivity index (χ0) is 21.6. The van der Waals surface area contributed by atoms with Crippen LogP contribution in [0.15, 0.2) is 34.8 Å². The van der Waals surface area contributed by atoms with Crippen LogP contribution >= 0.6 is 15.9 Å². The Labute approximate surface area is 180 Å². The summed E-state index contributed by atoms with van der Waals surface area (Å²) in [4.78, 5) is 24.8. The number of methoxy groups -OCH3 is 1. The number of benzene rings is 2. The Morgan fingerprint density at radius 2 is 1.86 bits per heavy atom. The normalized spacial score (nSPS) is 10.6. The van der Waals surface area contributed by atoms with Gasteiger partial charge >= 0.3 is 0 Å². The van der Waals surface area contributed by atoms with Crippen LogP contribution in [-0.4, -0.2) is 25.5 Å². The summed E-state index contributed by atoms with van der Waals surface area (Å²) >= 11 is 3.46. The molecular formula is C22H27BrN2O4. The summed E-state index contributed by atoms with van der Waals surface area (Å²) in [5.74, 6) is 0.546. The van der Waals surface area contributed by atoms with E-state index in [9.17, 15) is 9.59 Å². The van der Waals surface area contributed by atoms with Crippen molar-refractivity contribution in [1.82, 2.24) is 0 Å². The van der Waals surface area contributed by atoms with Gasteiger partial charge in [-0.1, -0.05) is 26.8 Å². The fourth-order valence-electron chi connectivity index (χ4n) is 2.51. The largest absolute Gasteiger partial charge is 0.493 e. The molecule has 0 saturated heterocycles. The third-order valence-corrected chi connectivity index (χ3v) is 4.81. The van der Waals surface area contributed by atoms with Gasteiger partial charge in [-0.3, -0.25) is 9.59 Å². The minimum absolute atomic E-state index is 0.0811. The first-order valence-corrected chi connectivity index (χ1v) is 10.3. The van der Waals surface area contributed by atoms with Crippen LogP contribution in [0.3, 0.4) is 0 Å². The van der Waals surface area contributed by atoms with Gasteiger partial charge in [0.1, 0.15) is 0 Å². The van der Waals surface area contributed by atoms with E-state index >= 15 is 0 Å². The Morgan fingerprint density at radius 3 is 2.48 bits per heavy atom. The lowest BCUT2D eigenvalue weighted by Gasteiger charge is -2.15. The van der Waals surface area contributed by atoms with Gasteiger partial charge in [-0.25, -0.2) is 0 Å². The van der Waals surface area contributed by atoms with Gasteiger partial charge in [-0.05, 0) is 59.1 Å². The Morgan fingerprint density at radius 1 is 1.14 bits per heavy atom.